The van der Waals surface area contributed by atoms with Gasteiger partial charge in [-0.25, -0.2) is 0 Å². The number of carbonyl (C=O) groups excluding carboxylic acids is 1. The second-order valence-corrected chi connectivity index (χ2v) is 6.01. The van der Waals surface area contributed by atoms with E-state index in [-0.39, 0.29) is 17.5 Å². The summed E-state index contributed by atoms with van der Waals surface area (Å²) in [5.74, 6) is 0.924. The average Bonchev–Trinajstić information content (AvgIpc) is 3.29. The van der Waals surface area contributed by atoms with E-state index >= 15 is 0 Å². The first-order valence-corrected chi connectivity index (χ1v) is 8.05. The minimum absolute atomic E-state index is 0.0213. The van der Waals surface area contributed by atoms with E-state index in [1.807, 2.05) is 13.8 Å². The van der Waals surface area contributed by atoms with E-state index in [2.05, 4.69) is 5.10 Å². The van der Waals surface area contributed by atoms with Crippen LogP contribution in [-0.4, -0.2) is 20.5 Å². The van der Waals surface area contributed by atoms with Crippen molar-refractivity contribution in [2.45, 2.75) is 19.9 Å². The largest absolute Gasteiger partial charge is 0.457 e. The summed E-state index contributed by atoms with van der Waals surface area (Å²) in [5.41, 5.74) is 1.25. The Morgan fingerprint density at radius 1 is 1.23 bits per heavy atom. The number of nitrogens with zero attached hydrogens (tertiary/aromatic N) is 3. The normalized spacial score (nSPS) is 11.3. The molecule has 0 saturated heterocycles. The van der Waals surface area contributed by atoms with E-state index in [1.165, 1.54) is 24.4 Å². The van der Waals surface area contributed by atoms with Crippen molar-refractivity contribution >= 4 is 17.5 Å². The van der Waals surface area contributed by atoms with Crippen molar-refractivity contribution in [2.24, 2.45) is 0 Å². The molecule has 3 rings (SSSR count). The van der Waals surface area contributed by atoms with E-state index in [4.69, 9.17) is 4.42 Å². The summed E-state index contributed by atoms with van der Waals surface area (Å²) in [6.07, 6.45) is 6.27. The number of hydrogen-bond acceptors (Lipinski definition) is 5. The van der Waals surface area contributed by atoms with Crippen molar-refractivity contribution in [3.8, 4) is 11.3 Å². The number of hydrogen-bond donors (Lipinski definition) is 0. The zero-order valence-electron chi connectivity index (χ0n) is 14.3. The first kappa shape index (κ1) is 17.3. The highest BCUT2D eigenvalue weighted by Gasteiger charge is 2.09. The second kappa shape index (κ2) is 7.18. The van der Waals surface area contributed by atoms with Crippen LogP contribution in [0.5, 0.6) is 0 Å². The van der Waals surface area contributed by atoms with Gasteiger partial charge in [0, 0.05) is 29.9 Å². The van der Waals surface area contributed by atoms with Gasteiger partial charge in [-0.3, -0.25) is 19.6 Å². The molecule has 1 aromatic carbocycles. The van der Waals surface area contributed by atoms with Crippen LogP contribution in [0.15, 0.2) is 59.3 Å². The molecule has 0 saturated carbocycles. The summed E-state index contributed by atoms with van der Waals surface area (Å²) in [6, 6.07) is 9.76. The number of non-ortho nitro benzene ring substituents is 1. The Morgan fingerprint density at radius 2 is 1.96 bits per heavy atom. The highest BCUT2D eigenvalue weighted by Crippen LogP contribution is 2.25. The third-order valence-corrected chi connectivity index (χ3v) is 3.80. The number of aromatic nitrogens is 2. The van der Waals surface area contributed by atoms with Crippen molar-refractivity contribution in [1.82, 2.24) is 9.78 Å². The standard InChI is InChI=1S/C19H17N3O4/c1-13(2)21-12-15(11-20-21)18(23)9-7-17-8-10-19(26-17)14-3-5-16(6-4-14)22(24)25/h3-13H,1-2H3/b9-7+. The maximum atomic E-state index is 12.2. The Kier molecular flexibility index (Phi) is 4.79. The predicted molar refractivity (Wildman–Crippen MR) is 96.8 cm³/mol. The molecule has 132 valence electrons. The van der Waals surface area contributed by atoms with Gasteiger partial charge >= 0.3 is 0 Å². The summed E-state index contributed by atoms with van der Waals surface area (Å²) >= 11 is 0. The number of nitro benzene ring substituents is 1. The van der Waals surface area contributed by atoms with Gasteiger partial charge in [-0.05, 0) is 50.3 Å². The van der Waals surface area contributed by atoms with Crippen LogP contribution in [0.2, 0.25) is 0 Å². The zero-order valence-corrected chi connectivity index (χ0v) is 14.3. The molecule has 2 aromatic heterocycles. The number of carbonyl (C=O) groups is 1. The lowest BCUT2D eigenvalue weighted by molar-refractivity contribution is -0.384. The molecule has 0 N–H and O–H groups in total. The number of furan rings is 1. The van der Waals surface area contributed by atoms with Crippen molar-refractivity contribution in [2.75, 3.05) is 0 Å². The molecule has 26 heavy (non-hydrogen) atoms. The van der Waals surface area contributed by atoms with Crippen LogP contribution < -0.4 is 0 Å². The Hall–Kier alpha value is -3.48. The molecule has 0 radical (unpaired) electrons. The number of benzene rings is 1. The molecule has 0 fully saturated rings. The van der Waals surface area contributed by atoms with Gasteiger partial charge in [-0.2, -0.15) is 5.10 Å². The maximum absolute atomic E-state index is 12.2. The minimum atomic E-state index is -0.451. The van der Waals surface area contributed by atoms with Crippen LogP contribution >= 0.6 is 0 Å². The quantitative estimate of drug-likeness (QED) is 0.282. The number of rotatable bonds is 6. The smallest absolute Gasteiger partial charge is 0.269 e. The molecule has 0 unspecified atom stereocenters. The van der Waals surface area contributed by atoms with Gasteiger partial charge in [0.25, 0.3) is 5.69 Å². The Morgan fingerprint density at radius 3 is 2.58 bits per heavy atom. The minimum Gasteiger partial charge on any atom is -0.457 e. The fraction of sp³-hybridized carbons (Fsp3) is 0.158. The molecule has 0 spiro atoms. The third kappa shape index (κ3) is 3.77. The molecule has 3 aromatic rings. The van der Waals surface area contributed by atoms with E-state index < -0.39 is 4.92 Å². The summed E-state index contributed by atoms with van der Waals surface area (Å²) in [5, 5.41) is 14.8. The van der Waals surface area contributed by atoms with E-state index in [9.17, 15) is 14.9 Å². The number of allylic oxidation sites excluding steroid dienone is 1. The van der Waals surface area contributed by atoms with Crippen LogP contribution in [0.4, 0.5) is 5.69 Å². The van der Waals surface area contributed by atoms with Gasteiger partial charge in [-0.15, -0.1) is 0 Å². The Bertz CT molecular complexity index is 965. The number of ketones is 1. The molecule has 2 heterocycles. The fourth-order valence-electron chi connectivity index (χ4n) is 2.35. The lowest BCUT2D eigenvalue weighted by Gasteiger charge is -2.02. The summed E-state index contributed by atoms with van der Waals surface area (Å²) in [4.78, 5) is 22.4. The summed E-state index contributed by atoms with van der Waals surface area (Å²) < 4.78 is 7.39. The summed E-state index contributed by atoms with van der Waals surface area (Å²) in [6.45, 7) is 3.97. The van der Waals surface area contributed by atoms with Crippen LogP contribution in [0.25, 0.3) is 17.4 Å². The van der Waals surface area contributed by atoms with E-state index in [0.717, 1.165) is 5.56 Å². The fourth-order valence-corrected chi connectivity index (χ4v) is 2.35. The Labute approximate surface area is 149 Å². The molecule has 0 aliphatic carbocycles. The van der Waals surface area contributed by atoms with Gasteiger partial charge in [0.2, 0.25) is 0 Å². The van der Waals surface area contributed by atoms with Crippen LogP contribution in [0.3, 0.4) is 0 Å². The monoisotopic (exact) mass is 351 g/mol. The van der Waals surface area contributed by atoms with Crippen molar-refractivity contribution in [3.63, 3.8) is 0 Å². The van der Waals surface area contributed by atoms with Gasteiger partial charge in [0.15, 0.2) is 5.78 Å². The highest BCUT2D eigenvalue weighted by atomic mass is 16.6. The van der Waals surface area contributed by atoms with Crippen LogP contribution in [0, 0.1) is 10.1 Å². The molecular formula is C19H17N3O4. The van der Waals surface area contributed by atoms with Gasteiger partial charge in [-0.1, -0.05) is 0 Å². The molecule has 0 aliphatic heterocycles. The molecule has 0 amide bonds. The molecule has 7 heteroatoms. The van der Waals surface area contributed by atoms with Crippen molar-refractivity contribution in [3.05, 3.63) is 76.3 Å². The third-order valence-electron chi connectivity index (χ3n) is 3.80. The summed E-state index contributed by atoms with van der Waals surface area (Å²) in [7, 11) is 0. The van der Waals surface area contributed by atoms with Crippen LogP contribution in [-0.2, 0) is 0 Å². The predicted octanol–water partition coefficient (Wildman–Crippen LogP) is 4.53. The highest BCUT2D eigenvalue weighted by molar-refractivity contribution is 6.06. The first-order chi connectivity index (χ1) is 12.4. The van der Waals surface area contributed by atoms with Crippen LogP contribution in [0.1, 0.15) is 36.0 Å². The first-order valence-electron chi connectivity index (χ1n) is 8.05. The lowest BCUT2D eigenvalue weighted by Crippen LogP contribution is -2.00. The average molecular weight is 351 g/mol. The molecular weight excluding hydrogens is 334 g/mol. The lowest BCUT2D eigenvalue weighted by atomic mass is 10.1. The van der Waals surface area contributed by atoms with E-state index in [0.29, 0.717) is 17.1 Å². The molecule has 7 nitrogen and oxygen atoms in total. The zero-order chi connectivity index (χ0) is 18.7. The van der Waals surface area contributed by atoms with Crippen molar-refractivity contribution < 1.29 is 14.1 Å². The van der Waals surface area contributed by atoms with Gasteiger partial charge in [0.05, 0.1) is 16.7 Å². The van der Waals surface area contributed by atoms with E-state index in [1.54, 1.807) is 41.2 Å². The maximum Gasteiger partial charge on any atom is 0.269 e. The van der Waals surface area contributed by atoms with Gasteiger partial charge in [0.1, 0.15) is 11.5 Å². The SMILES string of the molecule is CC(C)n1cc(C(=O)/C=C/c2ccc(-c3ccc([N+](=O)[O-])cc3)o2)cn1. The molecule has 0 aliphatic rings. The molecule has 0 bridgehead atoms. The van der Waals surface area contributed by atoms with Crippen molar-refractivity contribution in [1.29, 1.82) is 0 Å². The second-order valence-electron chi connectivity index (χ2n) is 6.01. The molecule has 0 atom stereocenters. The van der Waals surface area contributed by atoms with Gasteiger partial charge < -0.3 is 4.42 Å². The Balaban J connectivity index is 1.72. The number of nitro groups is 1. The topological polar surface area (TPSA) is 91.2 Å².